The van der Waals surface area contributed by atoms with Crippen molar-refractivity contribution >= 4 is 5.91 Å². The molecule has 1 unspecified atom stereocenters. The number of hydrogen-bond donors (Lipinski definition) is 1. The summed E-state index contributed by atoms with van der Waals surface area (Å²) in [6.07, 6.45) is 1.45. The van der Waals surface area contributed by atoms with E-state index in [9.17, 15) is 4.79 Å². The Bertz CT molecular complexity index is 396. The van der Waals surface area contributed by atoms with Crippen LogP contribution in [-0.4, -0.2) is 5.91 Å². The lowest BCUT2D eigenvalue weighted by Gasteiger charge is -2.19. The molecule has 1 aromatic rings. The number of carbonyl (C=O) groups excluding carboxylic acids is 1. The first-order valence-corrected chi connectivity index (χ1v) is 6.25. The number of carbonyl (C=O) groups is 1. The number of amides is 1. The highest BCUT2D eigenvalue weighted by Gasteiger charge is 2.16. The van der Waals surface area contributed by atoms with Gasteiger partial charge in [0, 0.05) is 6.42 Å². The lowest BCUT2D eigenvalue weighted by Crippen LogP contribution is -2.16. The highest BCUT2D eigenvalue weighted by atomic mass is 16.1. The molecule has 2 N–H and O–H groups in total. The Kier molecular flexibility index (Phi) is 4.73. The van der Waals surface area contributed by atoms with Crippen LogP contribution in [0.25, 0.3) is 0 Å². The maximum absolute atomic E-state index is 11.1. The first-order valence-electron chi connectivity index (χ1n) is 6.25. The average molecular weight is 233 g/mol. The third-order valence-corrected chi connectivity index (χ3v) is 3.21. The van der Waals surface area contributed by atoms with E-state index in [-0.39, 0.29) is 11.8 Å². The van der Waals surface area contributed by atoms with Gasteiger partial charge in [-0.05, 0) is 48.8 Å². The molecule has 1 atom stereocenters. The normalized spacial score (nSPS) is 12.8. The molecule has 0 aliphatic rings. The molecule has 1 aromatic carbocycles. The summed E-state index contributed by atoms with van der Waals surface area (Å²) in [6, 6.07) is 6.43. The van der Waals surface area contributed by atoms with Crippen molar-refractivity contribution in [2.24, 2.45) is 11.7 Å². The van der Waals surface area contributed by atoms with E-state index in [1.54, 1.807) is 0 Å². The van der Waals surface area contributed by atoms with Crippen molar-refractivity contribution in [2.75, 3.05) is 0 Å². The molecule has 0 heterocycles. The first kappa shape index (κ1) is 13.8. The lowest BCUT2D eigenvalue weighted by molar-refractivity contribution is -0.118. The minimum Gasteiger partial charge on any atom is -0.370 e. The van der Waals surface area contributed by atoms with Gasteiger partial charge in [0.25, 0.3) is 0 Å². The second kappa shape index (κ2) is 5.85. The predicted octanol–water partition coefficient (Wildman–Crippen LogP) is 3.31. The molecule has 0 saturated heterocycles. The molecule has 2 nitrogen and oxygen atoms in total. The van der Waals surface area contributed by atoms with Gasteiger partial charge in [-0.1, -0.05) is 32.0 Å². The van der Waals surface area contributed by atoms with Crippen LogP contribution in [0, 0.1) is 19.8 Å². The Labute approximate surface area is 104 Å². The quantitative estimate of drug-likeness (QED) is 0.833. The fraction of sp³-hybridized carbons (Fsp3) is 0.533. The monoisotopic (exact) mass is 233 g/mol. The fourth-order valence-corrected chi connectivity index (χ4v) is 2.17. The average Bonchev–Trinajstić information content (AvgIpc) is 2.19. The number of hydrogen-bond acceptors (Lipinski definition) is 1. The number of nitrogens with two attached hydrogens (primary N) is 1. The van der Waals surface area contributed by atoms with Crippen molar-refractivity contribution in [3.05, 3.63) is 34.9 Å². The topological polar surface area (TPSA) is 43.1 Å². The van der Waals surface area contributed by atoms with Gasteiger partial charge < -0.3 is 5.73 Å². The van der Waals surface area contributed by atoms with E-state index in [1.165, 1.54) is 16.7 Å². The van der Waals surface area contributed by atoms with Crippen LogP contribution in [0.1, 0.15) is 49.3 Å². The second-order valence-corrected chi connectivity index (χ2v) is 5.34. The lowest BCUT2D eigenvalue weighted by atomic mass is 9.86. The molecule has 17 heavy (non-hydrogen) atoms. The summed E-state index contributed by atoms with van der Waals surface area (Å²) >= 11 is 0. The molecule has 1 amide bonds. The van der Waals surface area contributed by atoms with Gasteiger partial charge in [0.05, 0.1) is 0 Å². The highest BCUT2D eigenvalue weighted by molar-refractivity contribution is 5.74. The zero-order valence-corrected chi connectivity index (χ0v) is 11.3. The largest absolute Gasteiger partial charge is 0.370 e. The third-order valence-electron chi connectivity index (χ3n) is 3.21. The Morgan fingerprint density at radius 1 is 1.24 bits per heavy atom. The summed E-state index contributed by atoms with van der Waals surface area (Å²) in [6.45, 7) is 8.56. The molecule has 0 aromatic heterocycles. The van der Waals surface area contributed by atoms with Crippen LogP contribution in [-0.2, 0) is 4.79 Å². The number of benzene rings is 1. The number of primary amides is 1. The number of rotatable bonds is 5. The van der Waals surface area contributed by atoms with Crippen LogP contribution in [0.2, 0.25) is 0 Å². The molecule has 0 radical (unpaired) electrons. The summed E-state index contributed by atoms with van der Waals surface area (Å²) < 4.78 is 0. The van der Waals surface area contributed by atoms with E-state index in [0.717, 1.165) is 6.42 Å². The zero-order valence-electron chi connectivity index (χ0n) is 11.3. The van der Waals surface area contributed by atoms with Crippen LogP contribution in [0.4, 0.5) is 0 Å². The molecular weight excluding hydrogens is 210 g/mol. The van der Waals surface area contributed by atoms with Crippen LogP contribution >= 0.6 is 0 Å². The molecule has 0 saturated carbocycles. The predicted molar refractivity (Wildman–Crippen MR) is 71.9 cm³/mol. The highest BCUT2D eigenvalue weighted by Crippen LogP contribution is 2.28. The van der Waals surface area contributed by atoms with Crippen molar-refractivity contribution in [3.63, 3.8) is 0 Å². The van der Waals surface area contributed by atoms with Crippen molar-refractivity contribution in [1.29, 1.82) is 0 Å². The smallest absolute Gasteiger partial charge is 0.218 e. The van der Waals surface area contributed by atoms with E-state index in [4.69, 9.17) is 5.73 Å². The van der Waals surface area contributed by atoms with Gasteiger partial charge in [-0.3, -0.25) is 4.79 Å². The van der Waals surface area contributed by atoms with Gasteiger partial charge in [-0.2, -0.15) is 0 Å². The molecular formula is C15H23NO. The van der Waals surface area contributed by atoms with Crippen molar-refractivity contribution in [1.82, 2.24) is 0 Å². The van der Waals surface area contributed by atoms with Crippen LogP contribution in [0.5, 0.6) is 0 Å². The van der Waals surface area contributed by atoms with Crippen LogP contribution in [0.3, 0.4) is 0 Å². The maximum Gasteiger partial charge on any atom is 0.218 e. The van der Waals surface area contributed by atoms with Gasteiger partial charge in [0.1, 0.15) is 0 Å². The molecule has 0 aliphatic carbocycles. The minimum atomic E-state index is -0.214. The second-order valence-electron chi connectivity index (χ2n) is 5.34. The fourth-order valence-electron chi connectivity index (χ4n) is 2.17. The van der Waals surface area contributed by atoms with E-state index in [2.05, 4.69) is 45.9 Å². The maximum atomic E-state index is 11.1. The van der Waals surface area contributed by atoms with E-state index in [1.807, 2.05) is 0 Å². The molecule has 0 spiro atoms. The van der Waals surface area contributed by atoms with E-state index in [0.29, 0.717) is 12.3 Å². The Balaban J connectivity index is 2.94. The van der Waals surface area contributed by atoms with Gasteiger partial charge in [-0.15, -0.1) is 0 Å². The van der Waals surface area contributed by atoms with Crippen molar-refractivity contribution in [2.45, 2.75) is 46.5 Å². The molecule has 0 bridgehead atoms. The van der Waals surface area contributed by atoms with Gasteiger partial charge in [0.2, 0.25) is 5.91 Å². The molecule has 94 valence electrons. The Hall–Kier alpha value is -1.31. The first-order chi connectivity index (χ1) is 7.90. The van der Waals surface area contributed by atoms with Crippen molar-refractivity contribution in [3.8, 4) is 0 Å². The van der Waals surface area contributed by atoms with Crippen LogP contribution < -0.4 is 5.73 Å². The van der Waals surface area contributed by atoms with Crippen LogP contribution in [0.15, 0.2) is 18.2 Å². The molecule has 0 fully saturated rings. The molecule has 1 rings (SSSR count). The summed E-state index contributed by atoms with van der Waals surface area (Å²) in [4.78, 5) is 11.1. The molecule has 2 heteroatoms. The zero-order chi connectivity index (χ0) is 13.0. The van der Waals surface area contributed by atoms with E-state index >= 15 is 0 Å². The Morgan fingerprint density at radius 2 is 1.88 bits per heavy atom. The summed E-state index contributed by atoms with van der Waals surface area (Å²) in [5, 5.41) is 0. The summed E-state index contributed by atoms with van der Waals surface area (Å²) in [5.74, 6) is 0.613. The minimum absolute atomic E-state index is 0.214. The summed E-state index contributed by atoms with van der Waals surface area (Å²) in [5.41, 5.74) is 9.14. The van der Waals surface area contributed by atoms with Gasteiger partial charge >= 0.3 is 0 Å². The van der Waals surface area contributed by atoms with Gasteiger partial charge in [0.15, 0.2) is 0 Å². The van der Waals surface area contributed by atoms with Gasteiger partial charge in [-0.25, -0.2) is 0 Å². The summed E-state index contributed by atoms with van der Waals surface area (Å²) in [7, 11) is 0. The third kappa shape index (κ3) is 4.22. The van der Waals surface area contributed by atoms with E-state index < -0.39 is 0 Å². The Morgan fingerprint density at radius 3 is 2.35 bits per heavy atom. The number of aryl methyl sites for hydroxylation is 2. The van der Waals surface area contributed by atoms with Crippen molar-refractivity contribution < 1.29 is 4.79 Å². The molecule has 0 aliphatic heterocycles. The SMILES string of the molecule is Cc1ccc(C(CC(N)=O)CC(C)C)cc1C. The standard InChI is InChI=1S/C15H23NO/c1-10(2)7-14(9-15(16)17)13-6-5-11(3)12(4)8-13/h5-6,8,10,14H,7,9H2,1-4H3,(H2,16,17).